The number of alkyl halides is 3. The van der Waals surface area contributed by atoms with E-state index in [0.29, 0.717) is 17.5 Å². The lowest BCUT2D eigenvalue weighted by molar-refractivity contribution is -0.137. The smallest absolute Gasteiger partial charge is 0.322 e. The number of halogens is 4. The summed E-state index contributed by atoms with van der Waals surface area (Å²) in [7, 11) is -4.09. The summed E-state index contributed by atoms with van der Waals surface area (Å²) in [5.74, 6) is -0.0195. The van der Waals surface area contributed by atoms with Crippen LogP contribution in [0.4, 0.5) is 23.6 Å². The highest BCUT2D eigenvalue weighted by Gasteiger charge is 2.34. The Labute approximate surface area is 181 Å². The Bertz CT molecular complexity index is 1210. The number of rotatable bonds is 5. The summed E-state index contributed by atoms with van der Waals surface area (Å²) >= 11 is 0. The number of anilines is 1. The van der Waals surface area contributed by atoms with Gasteiger partial charge in [-0.2, -0.15) is 22.5 Å². The van der Waals surface area contributed by atoms with E-state index in [1.807, 2.05) is 0 Å². The number of benzene rings is 2. The molecule has 3 aromatic rings. The van der Waals surface area contributed by atoms with Gasteiger partial charge >= 0.3 is 12.2 Å². The highest BCUT2D eigenvalue weighted by Crippen LogP contribution is 2.31. The second kappa shape index (κ2) is 8.51. The molecule has 0 spiro atoms. The fourth-order valence-corrected chi connectivity index (χ4v) is 4.84. The van der Waals surface area contributed by atoms with Gasteiger partial charge in [0, 0.05) is 32.6 Å². The van der Waals surface area contributed by atoms with Crippen molar-refractivity contribution >= 4 is 16.0 Å². The van der Waals surface area contributed by atoms with Gasteiger partial charge < -0.3 is 9.42 Å². The maximum atomic E-state index is 13.3. The Hall–Kier alpha value is -2.99. The molecular weight excluding hydrogens is 452 g/mol. The minimum Gasteiger partial charge on any atom is -0.322 e. The molecule has 1 aliphatic heterocycles. The van der Waals surface area contributed by atoms with Crippen LogP contribution in [0.25, 0.3) is 0 Å². The van der Waals surface area contributed by atoms with Crippen molar-refractivity contribution in [2.75, 3.05) is 31.1 Å². The highest BCUT2D eigenvalue weighted by atomic mass is 32.2. The second-order valence-electron chi connectivity index (χ2n) is 7.22. The Kier molecular flexibility index (Phi) is 5.91. The third-order valence-corrected chi connectivity index (χ3v) is 6.91. The van der Waals surface area contributed by atoms with E-state index in [4.69, 9.17) is 4.52 Å². The molecule has 2 aromatic carbocycles. The quantitative estimate of drug-likeness (QED) is 0.533. The minimum atomic E-state index is -4.63. The fourth-order valence-electron chi connectivity index (χ4n) is 3.38. The third-order valence-electron chi connectivity index (χ3n) is 5.02. The monoisotopic (exact) mass is 470 g/mol. The lowest BCUT2D eigenvalue weighted by Crippen LogP contribution is -2.48. The molecule has 4 rings (SSSR count). The van der Waals surface area contributed by atoms with E-state index in [0.717, 1.165) is 22.5 Å². The number of aromatic nitrogens is 2. The number of hydrogen-bond donors (Lipinski definition) is 0. The number of piperazine rings is 1. The molecule has 170 valence electrons. The minimum absolute atomic E-state index is 0.0419. The van der Waals surface area contributed by atoms with Crippen LogP contribution in [0.1, 0.15) is 17.0 Å². The van der Waals surface area contributed by atoms with E-state index >= 15 is 0 Å². The molecule has 12 heteroatoms. The van der Waals surface area contributed by atoms with Gasteiger partial charge in [-0.05, 0) is 35.9 Å². The van der Waals surface area contributed by atoms with Crippen LogP contribution < -0.4 is 4.90 Å². The van der Waals surface area contributed by atoms with E-state index in [1.165, 1.54) is 12.1 Å². The molecule has 0 aliphatic carbocycles. The van der Waals surface area contributed by atoms with Gasteiger partial charge in [0.2, 0.25) is 10.0 Å². The zero-order chi connectivity index (χ0) is 22.9. The van der Waals surface area contributed by atoms with Crippen molar-refractivity contribution in [2.24, 2.45) is 0 Å². The van der Waals surface area contributed by atoms with Crippen LogP contribution in [0.15, 0.2) is 57.9 Å². The van der Waals surface area contributed by atoms with Gasteiger partial charge in [0.1, 0.15) is 5.82 Å². The predicted molar refractivity (Wildman–Crippen MR) is 106 cm³/mol. The topological polar surface area (TPSA) is 79.5 Å². The molecule has 0 saturated carbocycles. The summed E-state index contributed by atoms with van der Waals surface area (Å²) in [4.78, 5) is 5.56. The molecule has 1 aliphatic rings. The molecule has 0 unspecified atom stereocenters. The largest absolute Gasteiger partial charge is 0.416 e. The molecule has 0 N–H and O–H groups in total. The molecule has 0 atom stereocenters. The Morgan fingerprint density at radius 2 is 1.72 bits per heavy atom. The summed E-state index contributed by atoms with van der Waals surface area (Å²) in [5, 5.41) is 3.88. The number of hydrogen-bond acceptors (Lipinski definition) is 6. The van der Waals surface area contributed by atoms with Crippen LogP contribution in [0.5, 0.6) is 0 Å². The van der Waals surface area contributed by atoms with Gasteiger partial charge in [-0.1, -0.05) is 23.4 Å². The summed E-state index contributed by atoms with van der Waals surface area (Å²) in [6, 6.07) is 9.90. The lowest BCUT2D eigenvalue weighted by Gasteiger charge is -2.32. The molecule has 1 fully saturated rings. The molecule has 0 amide bonds. The Morgan fingerprint density at radius 3 is 2.41 bits per heavy atom. The predicted octanol–water partition coefficient (Wildman–Crippen LogP) is 3.33. The molecule has 0 radical (unpaired) electrons. The van der Waals surface area contributed by atoms with E-state index in [9.17, 15) is 26.0 Å². The van der Waals surface area contributed by atoms with Crippen LogP contribution in [0.3, 0.4) is 0 Å². The molecule has 2 heterocycles. The standard InChI is InChI=1S/C20H18F4N4O3S/c21-16-5-1-3-14(11-16)12-18-25-19(31-26-18)27-7-9-28(10-8-27)32(29,30)17-6-2-4-15(13-17)20(22,23)24/h1-6,11,13H,7-10,12H2. The molecule has 7 nitrogen and oxygen atoms in total. The zero-order valence-corrected chi connectivity index (χ0v) is 17.4. The van der Waals surface area contributed by atoms with Gasteiger partial charge in [-0.3, -0.25) is 0 Å². The van der Waals surface area contributed by atoms with Crippen molar-refractivity contribution in [3.05, 3.63) is 71.3 Å². The molecule has 0 bridgehead atoms. The molecule has 1 aromatic heterocycles. The average Bonchev–Trinajstić information content (AvgIpc) is 3.22. The highest BCUT2D eigenvalue weighted by molar-refractivity contribution is 7.89. The summed E-state index contributed by atoms with van der Waals surface area (Å²) in [5.41, 5.74) is -0.344. The SMILES string of the molecule is O=S(=O)(c1cccc(C(F)(F)F)c1)N1CCN(c2nc(Cc3cccc(F)c3)no2)CC1. The van der Waals surface area contributed by atoms with Crippen molar-refractivity contribution < 1.29 is 30.5 Å². The first kappa shape index (κ1) is 22.2. The van der Waals surface area contributed by atoms with Gasteiger partial charge in [-0.15, -0.1) is 0 Å². The summed E-state index contributed by atoms with van der Waals surface area (Å²) < 4.78 is 84.1. The van der Waals surface area contributed by atoms with Crippen molar-refractivity contribution in [3.8, 4) is 0 Å². The Morgan fingerprint density at radius 1 is 1.00 bits per heavy atom. The first-order valence-corrected chi connectivity index (χ1v) is 11.1. The van der Waals surface area contributed by atoms with Gasteiger partial charge in [0.25, 0.3) is 0 Å². The normalized spacial score (nSPS) is 15.8. The van der Waals surface area contributed by atoms with Gasteiger partial charge in [-0.25, -0.2) is 12.8 Å². The maximum Gasteiger partial charge on any atom is 0.416 e. The number of nitrogens with zero attached hydrogens (tertiary/aromatic N) is 4. The van der Waals surface area contributed by atoms with Crippen LogP contribution in [-0.4, -0.2) is 49.0 Å². The van der Waals surface area contributed by atoms with Crippen LogP contribution in [-0.2, 0) is 22.6 Å². The van der Waals surface area contributed by atoms with Crippen molar-refractivity contribution in [3.63, 3.8) is 0 Å². The third kappa shape index (κ3) is 4.75. The summed E-state index contributed by atoms with van der Waals surface area (Å²) in [6.07, 6.45) is -4.36. The number of sulfonamides is 1. The first-order chi connectivity index (χ1) is 15.1. The van der Waals surface area contributed by atoms with E-state index in [-0.39, 0.29) is 44.4 Å². The lowest BCUT2D eigenvalue weighted by atomic mass is 10.1. The average molecular weight is 470 g/mol. The van der Waals surface area contributed by atoms with Gasteiger partial charge in [0.05, 0.1) is 10.5 Å². The molecule has 32 heavy (non-hydrogen) atoms. The van der Waals surface area contributed by atoms with Gasteiger partial charge in [0.15, 0.2) is 5.82 Å². The van der Waals surface area contributed by atoms with Crippen molar-refractivity contribution in [1.29, 1.82) is 0 Å². The second-order valence-corrected chi connectivity index (χ2v) is 9.15. The van der Waals surface area contributed by atoms with Crippen LogP contribution in [0, 0.1) is 5.82 Å². The van der Waals surface area contributed by atoms with E-state index in [2.05, 4.69) is 10.1 Å². The molecular formula is C20H18F4N4O3S. The Balaban J connectivity index is 1.42. The fraction of sp³-hybridized carbons (Fsp3) is 0.300. The van der Waals surface area contributed by atoms with Crippen LogP contribution >= 0.6 is 0 Å². The first-order valence-electron chi connectivity index (χ1n) is 9.62. The van der Waals surface area contributed by atoms with Crippen LogP contribution in [0.2, 0.25) is 0 Å². The zero-order valence-electron chi connectivity index (χ0n) is 16.6. The summed E-state index contributed by atoms with van der Waals surface area (Å²) in [6.45, 7) is 0.528. The van der Waals surface area contributed by atoms with Crippen molar-refractivity contribution in [1.82, 2.24) is 14.4 Å². The van der Waals surface area contributed by atoms with E-state index in [1.54, 1.807) is 17.0 Å². The van der Waals surface area contributed by atoms with Crippen molar-refractivity contribution in [2.45, 2.75) is 17.5 Å². The maximum absolute atomic E-state index is 13.3. The van der Waals surface area contributed by atoms with E-state index < -0.39 is 26.7 Å². The molecule has 1 saturated heterocycles.